The van der Waals surface area contributed by atoms with Gasteiger partial charge in [0.05, 0.1) is 0 Å². The Morgan fingerprint density at radius 1 is 1.42 bits per heavy atom. The standard InChI is InChI=1S/C11H15N5O2Se/c1-17-2-3-18-6-16-4-7(10(13)19)8-9(12)14-5-15-11(8)16/h4-5H,2-3,6H2,1H3,(H2,13,19)(H2,12,14,15). The van der Waals surface area contributed by atoms with Gasteiger partial charge in [0, 0.05) is 0 Å². The van der Waals surface area contributed by atoms with Crippen molar-refractivity contribution in [2.45, 2.75) is 6.73 Å². The maximum atomic E-state index is 5.88. The molecule has 2 rings (SSSR count). The van der Waals surface area contributed by atoms with Gasteiger partial charge in [-0.3, -0.25) is 0 Å². The SMILES string of the molecule is COCCOCn1cc(C(N)=[Se])c2c(N)ncnc21. The third kappa shape index (κ3) is 2.93. The first-order chi connectivity index (χ1) is 9.15. The molecule has 4 N–H and O–H groups in total. The normalized spacial score (nSPS) is 11.0. The van der Waals surface area contributed by atoms with Crippen LogP contribution >= 0.6 is 0 Å². The summed E-state index contributed by atoms with van der Waals surface area (Å²) in [5.74, 6) is 0.397. The predicted molar refractivity (Wildman–Crippen MR) is 73.8 cm³/mol. The van der Waals surface area contributed by atoms with Crippen LogP contribution in [0.25, 0.3) is 11.0 Å². The molecule has 2 aromatic rings. The molecule has 0 aliphatic carbocycles. The first-order valence-corrected chi connectivity index (χ1v) is 6.46. The molecule has 0 saturated heterocycles. The Labute approximate surface area is 118 Å². The number of anilines is 1. The van der Waals surface area contributed by atoms with Gasteiger partial charge in [-0.05, 0) is 0 Å². The van der Waals surface area contributed by atoms with E-state index in [0.717, 1.165) is 10.9 Å². The number of ether oxygens (including phenoxy) is 2. The number of rotatable bonds is 6. The zero-order valence-electron chi connectivity index (χ0n) is 10.5. The summed E-state index contributed by atoms with van der Waals surface area (Å²) in [6.45, 7) is 1.39. The Morgan fingerprint density at radius 2 is 2.21 bits per heavy atom. The Balaban J connectivity index is 2.34. The summed E-state index contributed by atoms with van der Waals surface area (Å²) in [6.07, 6.45) is 3.26. The van der Waals surface area contributed by atoms with E-state index in [2.05, 4.69) is 25.5 Å². The number of methoxy groups -OCH3 is 1. The molecule has 0 amide bonds. The zero-order chi connectivity index (χ0) is 13.8. The molecule has 8 heteroatoms. The molecule has 0 unspecified atom stereocenters. The minimum atomic E-state index is 0.351. The summed E-state index contributed by atoms with van der Waals surface area (Å²) in [5, 5.41) is 0.731. The van der Waals surface area contributed by atoms with Crippen molar-refractivity contribution in [2.24, 2.45) is 5.73 Å². The first kappa shape index (κ1) is 13.9. The molecule has 7 nitrogen and oxygen atoms in total. The van der Waals surface area contributed by atoms with E-state index in [1.807, 2.05) is 10.8 Å². The maximum absolute atomic E-state index is 5.88. The molecule has 0 fully saturated rings. The van der Waals surface area contributed by atoms with Gasteiger partial charge in [-0.1, -0.05) is 0 Å². The summed E-state index contributed by atoms with van der Waals surface area (Å²) < 4.78 is 12.8. The molecule has 0 spiro atoms. The van der Waals surface area contributed by atoms with Gasteiger partial charge in [-0.2, -0.15) is 0 Å². The van der Waals surface area contributed by atoms with Gasteiger partial charge in [0.2, 0.25) is 0 Å². The molecule has 19 heavy (non-hydrogen) atoms. The number of hydrogen-bond acceptors (Lipinski definition) is 6. The van der Waals surface area contributed by atoms with Gasteiger partial charge in [-0.15, -0.1) is 0 Å². The van der Waals surface area contributed by atoms with E-state index < -0.39 is 0 Å². The van der Waals surface area contributed by atoms with Gasteiger partial charge in [0.1, 0.15) is 0 Å². The van der Waals surface area contributed by atoms with Crippen LogP contribution in [0.1, 0.15) is 5.56 Å². The number of nitrogens with zero attached hydrogens (tertiary/aromatic N) is 3. The molecule has 0 saturated carbocycles. The number of aromatic nitrogens is 3. The summed E-state index contributed by atoms with van der Waals surface area (Å²) in [4.78, 5) is 8.20. The van der Waals surface area contributed by atoms with Crippen molar-refractivity contribution in [3.8, 4) is 0 Å². The van der Waals surface area contributed by atoms with Gasteiger partial charge in [0.25, 0.3) is 0 Å². The predicted octanol–water partition coefficient (Wildman–Crippen LogP) is -0.761. The first-order valence-electron chi connectivity index (χ1n) is 5.61. The third-order valence-corrected chi connectivity index (χ3v) is 3.07. The van der Waals surface area contributed by atoms with Crippen LogP contribution in [0.15, 0.2) is 12.5 Å². The molecule has 2 heterocycles. The molecule has 0 radical (unpaired) electrons. The van der Waals surface area contributed by atoms with Crippen LogP contribution in [0.5, 0.6) is 0 Å². The van der Waals surface area contributed by atoms with Crippen LogP contribution in [0, 0.1) is 0 Å². The summed E-state index contributed by atoms with van der Waals surface area (Å²) in [5.41, 5.74) is 13.2. The van der Waals surface area contributed by atoms with Crippen molar-refractivity contribution in [1.29, 1.82) is 0 Å². The zero-order valence-corrected chi connectivity index (χ0v) is 12.2. The van der Waals surface area contributed by atoms with E-state index in [1.165, 1.54) is 6.33 Å². The van der Waals surface area contributed by atoms with Crippen LogP contribution in [0.3, 0.4) is 0 Å². The van der Waals surface area contributed by atoms with Crippen molar-refractivity contribution in [1.82, 2.24) is 14.5 Å². The van der Waals surface area contributed by atoms with Gasteiger partial charge >= 0.3 is 118 Å². The van der Waals surface area contributed by atoms with E-state index in [4.69, 9.17) is 20.9 Å². The fourth-order valence-corrected chi connectivity index (χ4v) is 2.06. The van der Waals surface area contributed by atoms with E-state index in [0.29, 0.717) is 36.0 Å². The molecule has 0 atom stereocenters. The molecule has 0 bridgehead atoms. The molecule has 0 aliphatic heterocycles. The van der Waals surface area contributed by atoms with Crippen molar-refractivity contribution >= 4 is 37.0 Å². The number of nitrogen functional groups attached to an aromatic ring is 1. The molecule has 102 valence electrons. The van der Waals surface area contributed by atoms with E-state index >= 15 is 0 Å². The Kier molecular flexibility index (Phi) is 4.49. The summed E-state index contributed by atoms with van der Waals surface area (Å²) in [7, 11) is 1.63. The molecule has 0 aliphatic rings. The van der Waals surface area contributed by atoms with Gasteiger partial charge < -0.3 is 0 Å². The van der Waals surface area contributed by atoms with Crippen LogP contribution in [0.2, 0.25) is 0 Å². The monoisotopic (exact) mass is 329 g/mol. The molecular formula is C11H15N5O2Se. The second-order valence-corrected chi connectivity index (χ2v) is 4.79. The minimum absolute atomic E-state index is 0.351. The second kappa shape index (κ2) is 6.12. The van der Waals surface area contributed by atoms with Crippen LogP contribution in [0.4, 0.5) is 5.82 Å². The fourth-order valence-electron chi connectivity index (χ4n) is 1.74. The average Bonchev–Trinajstić information content (AvgIpc) is 2.75. The summed E-state index contributed by atoms with van der Waals surface area (Å²) in [6, 6.07) is 0. The number of nitrogens with two attached hydrogens (primary N) is 2. The quantitative estimate of drug-likeness (QED) is 0.534. The second-order valence-electron chi connectivity index (χ2n) is 3.86. The van der Waals surface area contributed by atoms with Crippen molar-refractivity contribution in [2.75, 3.05) is 26.1 Å². The fraction of sp³-hybridized carbons (Fsp3) is 0.364. The van der Waals surface area contributed by atoms with Gasteiger partial charge in [0.15, 0.2) is 0 Å². The Morgan fingerprint density at radius 3 is 2.89 bits per heavy atom. The number of hydrogen-bond donors (Lipinski definition) is 2. The van der Waals surface area contributed by atoms with Gasteiger partial charge in [-0.25, -0.2) is 0 Å². The van der Waals surface area contributed by atoms with Crippen molar-refractivity contribution in [3.63, 3.8) is 0 Å². The van der Waals surface area contributed by atoms with E-state index in [1.54, 1.807) is 7.11 Å². The van der Waals surface area contributed by atoms with E-state index in [9.17, 15) is 0 Å². The third-order valence-electron chi connectivity index (χ3n) is 2.61. The van der Waals surface area contributed by atoms with Crippen LogP contribution in [-0.4, -0.2) is 55.0 Å². The molecular weight excluding hydrogens is 313 g/mol. The molecule has 0 aromatic carbocycles. The van der Waals surface area contributed by atoms with Crippen LogP contribution in [-0.2, 0) is 16.2 Å². The van der Waals surface area contributed by atoms with Crippen LogP contribution < -0.4 is 11.5 Å². The summed E-state index contributed by atoms with van der Waals surface area (Å²) >= 11 is 2.77. The topological polar surface area (TPSA) is 101 Å². The van der Waals surface area contributed by atoms with Crippen molar-refractivity contribution < 1.29 is 9.47 Å². The number of fused-ring (bicyclic) bond motifs is 1. The Hall–Kier alpha value is -1.47. The van der Waals surface area contributed by atoms with Crippen molar-refractivity contribution in [3.05, 3.63) is 18.1 Å². The van der Waals surface area contributed by atoms with E-state index in [-0.39, 0.29) is 0 Å². The molecule has 2 aromatic heterocycles. The average molecular weight is 328 g/mol. The Bertz CT molecular complexity index is 598.